The molecule has 0 saturated carbocycles. The van der Waals surface area contributed by atoms with Gasteiger partial charge in [-0.25, -0.2) is 8.78 Å². The third kappa shape index (κ3) is 3.53. The van der Waals surface area contributed by atoms with Gasteiger partial charge in [-0.15, -0.1) is 0 Å². The summed E-state index contributed by atoms with van der Waals surface area (Å²) in [6.45, 7) is 1.85. The minimum atomic E-state index is -0.569. The van der Waals surface area contributed by atoms with E-state index in [4.69, 9.17) is 0 Å². The Balaban J connectivity index is 2.29. The van der Waals surface area contributed by atoms with Crippen LogP contribution in [0.15, 0.2) is 42.5 Å². The van der Waals surface area contributed by atoms with Crippen LogP contribution >= 0.6 is 0 Å². The van der Waals surface area contributed by atoms with E-state index in [2.05, 4.69) is 5.32 Å². The number of non-ortho nitro benzene ring substituents is 1. The molecule has 1 unspecified atom stereocenters. The maximum atomic E-state index is 13.7. The van der Waals surface area contributed by atoms with Crippen LogP contribution in [0.5, 0.6) is 0 Å². The normalized spacial score (nSPS) is 12.0. The van der Waals surface area contributed by atoms with Gasteiger partial charge in [0.1, 0.15) is 11.6 Å². The first-order valence-electron chi connectivity index (χ1n) is 6.47. The lowest BCUT2D eigenvalue weighted by Gasteiger charge is -2.19. The number of nitro groups is 1. The number of hydrogen-bond acceptors (Lipinski definition) is 3. The van der Waals surface area contributed by atoms with Crippen LogP contribution in [-0.4, -0.2) is 4.92 Å². The topological polar surface area (TPSA) is 55.2 Å². The molecule has 6 heteroatoms. The van der Waals surface area contributed by atoms with Crippen molar-refractivity contribution in [2.45, 2.75) is 19.4 Å². The minimum Gasteiger partial charge on any atom is -0.376 e. The van der Waals surface area contributed by atoms with E-state index < -0.39 is 16.6 Å². The van der Waals surface area contributed by atoms with Crippen molar-refractivity contribution in [2.75, 3.05) is 5.32 Å². The lowest BCUT2D eigenvalue weighted by atomic mass is 10.0. The minimum absolute atomic E-state index is 0.0348. The Labute approximate surface area is 120 Å². The molecular formula is C15H14F2N2O2. The van der Waals surface area contributed by atoms with Crippen LogP contribution in [0.3, 0.4) is 0 Å². The largest absolute Gasteiger partial charge is 0.376 e. The lowest BCUT2D eigenvalue weighted by molar-refractivity contribution is -0.384. The standard InChI is InChI=1S/C15H14F2N2O2/c1-2-14(10-4-3-5-12(8-10)19(20)21)18-15-9-11(16)6-7-13(15)17/h3-9,14,18H,2H2,1H3. The van der Waals surface area contributed by atoms with Gasteiger partial charge < -0.3 is 5.32 Å². The Morgan fingerprint density at radius 2 is 2.00 bits per heavy atom. The fourth-order valence-electron chi connectivity index (χ4n) is 2.07. The summed E-state index contributed by atoms with van der Waals surface area (Å²) < 4.78 is 26.8. The summed E-state index contributed by atoms with van der Waals surface area (Å²) in [6.07, 6.45) is 0.567. The van der Waals surface area contributed by atoms with Crippen LogP contribution in [0.25, 0.3) is 0 Å². The molecule has 0 aliphatic rings. The van der Waals surface area contributed by atoms with Crippen LogP contribution < -0.4 is 5.32 Å². The zero-order chi connectivity index (χ0) is 15.4. The zero-order valence-electron chi connectivity index (χ0n) is 11.3. The molecule has 0 saturated heterocycles. The van der Waals surface area contributed by atoms with Gasteiger partial charge in [-0.3, -0.25) is 10.1 Å². The number of nitrogens with zero attached hydrogens (tertiary/aromatic N) is 1. The Morgan fingerprint density at radius 1 is 1.24 bits per heavy atom. The first-order valence-corrected chi connectivity index (χ1v) is 6.47. The molecule has 0 heterocycles. The number of anilines is 1. The highest BCUT2D eigenvalue weighted by molar-refractivity contribution is 5.48. The quantitative estimate of drug-likeness (QED) is 0.655. The average molecular weight is 292 g/mol. The van der Waals surface area contributed by atoms with E-state index in [0.29, 0.717) is 12.0 Å². The van der Waals surface area contributed by atoms with Gasteiger partial charge in [-0.2, -0.15) is 0 Å². The predicted molar refractivity (Wildman–Crippen MR) is 76.1 cm³/mol. The van der Waals surface area contributed by atoms with Gasteiger partial charge in [0.15, 0.2) is 0 Å². The maximum Gasteiger partial charge on any atom is 0.269 e. The first-order chi connectivity index (χ1) is 10.0. The highest BCUT2D eigenvalue weighted by Gasteiger charge is 2.15. The highest BCUT2D eigenvalue weighted by Crippen LogP contribution is 2.27. The van der Waals surface area contributed by atoms with E-state index in [0.717, 1.165) is 18.2 Å². The number of rotatable bonds is 5. The van der Waals surface area contributed by atoms with Gasteiger partial charge in [0.05, 0.1) is 16.7 Å². The van der Waals surface area contributed by atoms with Crippen LogP contribution in [0.1, 0.15) is 24.9 Å². The summed E-state index contributed by atoms with van der Waals surface area (Å²) in [4.78, 5) is 10.3. The number of benzene rings is 2. The monoisotopic (exact) mass is 292 g/mol. The molecule has 2 rings (SSSR count). The van der Waals surface area contributed by atoms with Crippen molar-refractivity contribution in [3.05, 3.63) is 69.8 Å². The molecule has 2 aromatic rings. The zero-order valence-corrected chi connectivity index (χ0v) is 11.3. The fraction of sp³-hybridized carbons (Fsp3) is 0.200. The predicted octanol–water partition coefficient (Wildman–Crippen LogP) is 4.44. The molecule has 0 aliphatic heterocycles. The molecule has 0 amide bonds. The highest BCUT2D eigenvalue weighted by atomic mass is 19.1. The molecule has 1 N–H and O–H groups in total. The number of halogens is 2. The van der Waals surface area contributed by atoms with Gasteiger partial charge in [0, 0.05) is 12.1 Å². The SMILES string of the molecule is CCC(Nc1cc(F)ccc1F)c1cccc([N+](=O)[O-])c1. The van der Waals surface area contributed by atoms with E-state index in [1.165, 1.54) is 12.1 Å². The smallest absolute Gasteiger partial charge is 0.269 e. The second kappa shape index (κ2) is 6.30. The third-order valence-corrected chi connectivity index (χ3v) is 3.15. The van der Waals surface area contributed by atoms with E-state index in [9.17, 15) is 18.9 Å². The lowest BCUT2D eigenvalue weighted by Crippen LogP contribution is -2.11. The van der Waals surface area contributed by atoms with Crippen molar-refractivity contribution in [3.63, 3.8) is 0 Å². The van der Waals surface area contributed by atoms with Crippen molar-refractivity contribution in [2.24, 2.45) is 0 Å². The Kier molecular flexibility index (Phi) is 4.47. The summed E-state index contributed by atoms with van der Waals surface area (Å²) in [5.74, 6) is -1.12. The van der Waals surface area contributed by atoms with Gasteiger partial charge in [0.2, 0.25) is 0 Å². The van der Waals surface area contributed by atoms with E-state index in [1.807, 2.05) is 6.92 Å². The van der Waals surface area contributed by atoms with Crippen molar-refractivity contribution in [3.8, 4) is 0 Å². The molecular weight excluding hydrogens is 278 g/mol. The summed E-state index contributed by atoms with van der Waals surface area (Å²) in [5, 5.41) is 13.7. The number of nitrogens with one attached hydrogen (secondary N) is 1. The van der Waals surface area contributed by atoms with Crippen LogP contribution in [0.4, 0.5) is 20.2 Å². The molecule has 0 bridgehead atoms. The number of nitro benzene ring substituents is 1. The van der Waals surface area contributed by atoms with Gasteiger partial charge >= 0.3 is 0 Å². The van der Waals surface area contributed by atoms with Crippen LogP contribution in [0.2, 0.25) is 0 Å². The van der Waals surface area contributed by atoms with Crippen molar-refractivity contribution in [1.29, 1.82) is 0 Å². The van der Waals surface area contributed by atoms with Gasteiger partial charge in [0.25, 0.3) is 5.69 Å². The Bertz CT molecular complexity index is 662. The van der Waals surface area contributed by atoms with Crippen LogP contribution in [0, 0.1) is 21.7 Å². The second-order valence-electron chi connectivity index (χ2n) is 4.58. The van der Waals surface area contributed by atoms with Crippen molar-refractivity contribution < 1.29 is 13.7 Å². The summed E-state index contributed by atoms with van der Waals surface area (Å²) in [6, 6.07) is 8.89. The van der Waals surface area contributed by atoms with Crippen molar-refractivity contribution in [1.82, 2.24) is 0 Å². The molecule has 1 atom stereocenters. The van der Waals surface area contributed by atoms with E-state index in [-0.39, 0.29) is 17.4 Å². The second-order valence-corrected chi connectivity index (χ2v) is 4.58. The molecule has 4 nitrogen and oxygen atoms in total. The fourth-order valence-corrected chi connectivity index (χ4v) is 2.07. The van der Waals surface area contributed by atoms with E-state index >= 15 is 0 Å². The van der Waals surface area contributed by atoms with E-state index in [1.54, 1.807) is 12.1 Å². The molecule has 0 radical (unpaired) electrons. The average Bonchev–Trinajstić information content (AvgIpc) is 2.48. The van der Waals surface area contributed by atoms with Gasteiger partial charge in [-0.05, 0) is 30.2 Å². The molecule has 2 aromatic carbocycles. The Hall–Kier alpha value is -2.50. The van der Waals surface area contributed by atoms with Crippen LogP contribution in [-0.2, 0) is 0 Å². The molecule has 0 aliphatic carbocycles. The Morgan fingerprint density at radius 3 is 2.67 bits per heavy atom. The third-order valence-electron chi connectivity index (χ3n) is 3.15. The molecule has 0 spiro atoms. The van der Waals surface area contributed by atoms with Gasteiger partial charge in [-0.1, -0.05) is 19.1 Å². The van der Waals surface area contributed by atoms with Crippen molar-refractivity contribution >= 4 is 11.4 Å². The first kappa shape index (κ1) is 14.9. The summed E-state index contributed by atoms with van der Waals surface area (Å²) >= 11 is 0. The molecule has 21 heavy (non-hydrogen) atoms. The molecule has 0 fully saturated rings. The molecule has 110 valence electrons. The summed E-state index contributed by atoms with van der Waals surface area (Å²) in [7, 11) is 0. The maximum absolute atomic E-state index is 13.7. The number of hydrogen-bond donors (Lipinski definition) is 1. The molecule has 0 aromatic heterocycles. The summed E-state index contributed by atoms with van der Waals surface area (Å²) in [5.41, 5.74) is 0.649.